The van der Waals surface area contributed by atoms with E-state index in [1.807, 2.05) is 24.3 Å². The highest BCUT2D eigenvalue weighted by Crippen LogP contribution is 2.31. The van der Waals surface area contributed by atoms with Crippen LogP contribution in [-0.4, -0.2) is 32.8 Å². The van der Waals surface area contributed by atoms with Crippen molar-refractivity contribution in [3.8, 4) is 17.2 Å². The Hall–Kier alpha value is -2.87. The zero-order valence-electron chi connectivity index (χ0n) is 15.2. The van der Waals surface area contributed by atoms with Gasteiger partial charge in [0.2, 0.25) is 0 Å². The fourth-order valence-corrected chi connectivity index (χ4v) is 2.25. The van der Waals surface area contributed by atoms with Gasteiger partial charge in [0.15, 0.2) is 11.5 Å². The first-order valence-electron chi connectivity index (χ1n) is 8.11. The smallest absolute Gasteiger partial charge is 0.387 e. The van der Waals surface area contributed by atoms with Gasteiger partial charge in [-0.1, -0.05) is 12.1 Å². The summed E-state index contributed by atoms with van der Waals surface area (Å²) in [5.74, 6) is 0.231. The van der Waals surface area contributed by atoms with Crippen LogP contribution in [0.25, 0.3) is 0 Å². The van der Waals surface area contributed by atoms with E-state index >= 15 is 0 Å². The van der Waals surface area contributed by atoms with E-state index in [2.05, 4.69) is 10.1 Å². The molecule has 6 nitrogen and oxygen atoms in total. The molecular formula is C19H21F2NO5. The van der Waals surface area contributed by atoms with Crippen LogP contribution in [0.1, 0.15) is 12.5 Å². The second-order valence-corrected chi connectivity index (χ2v) is 5.54. The van der Waals surface area contributed by atoms with Gasteiger partial charge in [-0.3, -0.25) is 4.79 Å². The molecule has 146 valence electrons. The lowest BCUT2D eigenvalue weighted by Gasteiger charge is -2.15. The van der Waals surface area contributed by atoms with Gasteiger partial charge in [-0.05, 0) is 36.8 Å². The van der Waals surface area contributed by atoms with Gasteiger partial charge < -0.3 is 24.3 Å². The molecule has 0 saturated carbocycles. The number of nitrogens with one attached hydrogen (secondary N) is 1. The number of hydrogen-bond acceptors (Lipinski definition) is 5. The SMILES string of the molecule is COc1cccc(COC(C)C(=O)Nc2ccc(OC)c(OC(F)F)c2)c1. The van der Waals surface area contributed by atoms with Crippen molar-refractivity contribution in [3.63, 3.8) is 0 Å². The van der Waals surface area contributed by atoms with E-state index in [-0.39, 0.29) is 23.8 Å². The second-order valence-electron chi connectivity index (χ2n) is 5.54. The van der Waals surface area contributed by atoms with Crippen molar-refractivity contribution >= 4 is 11.6 Å². The van der Waals surface area contributed by atoms with Gasteiger partial charge in [0, 0.05) is 11.8 Å². The number of halogens is 2. The third-order valence-corrected chi connectivity index (χ3v) is 3.65. The molecule has 0 radical (unpaired) electrons. The molecule has 0 heterocycles. The van der Waals surface area contributed by atoms with Crippen LogP contribution >= 0.6 is 0 Å². The van der Waals surface area contributed by atoms with Gasteiger partial charge in [-0.25, -0.2) is 0 Å². The van der Waals surface area contributed by atoms with Gasteiger partial charge in [0.25, 0.3) is 5.91 Å². The van der Waals surface area contributed by atoms with Crippen molar-refractivity contribution in [2.45, 2.75) is 26.2 Å². The Balaban J connectivity index is 1.97. The third kappa shape index (κ3) is 6.10. The second kappa shape index (κ2) is 9.72. The summed E-state index contributed by atoms with van der Waals surface area (Å²) in [7, 11) is 2.90. The van der Waals surface area contributed by atoms with Gasteiger partial charge in [-0.2, -0.15) is 8.78 Å². The molecular weight excluding hydrogens is 360 g/mol. The number of alkyl halides is 2. The number of carbonyl (C=O) groups excluding carboxylic acids is 1. The molecule has 0 aliphatic rings. The summed E-state index contributed by atoms with van der Waals surface area (Å²) < 4.78 is 45.0. The largest absolute Gasteiger partial charge is 0.497 e. The van der Waals surface area contributed by atoms with Crippen molar-refractivity contribution < 1.29 is 32.5 Å². The molecule has 1 N–H and O–H groups in total. The average molecular weight is 381 g/mol. The molecule has 2 aromatic carbocycles. The van der Waals surface area contributed by atoms with E-state index in [0.29, 0.717) is 5.75 Å². The maximum Gasteiger partial charge on any atom is 0.387 e. The summed E-state index contributed by atoms with van der Waals surface area (Å²) >= 11 is 0. The van der Waals surface area contributed by atoms with Gasteiger partial charge in [0.1, 0.15) is 11.9 Å². The van der Waals surface area contributed by atoms with Crippen LogP contribution in [-0.2, 0) is 16.1 Å². The summed E-state index contributed by atoms with van der Waals surface area (Å²) in [6, 6.07) is 11.5. The summed E-state index contributed by atoms with van der Waals surface area (Å²) in [5.41, 5.74) is 1.14. The average Bonchev–Trinajstić information content (AvgIpc) is 2.66. The Labute approximate surface area is 156 Å². The minimum absolute atomic E-state index is 0.135. The highest BCUT2D eigenvalue weighted by molar-refractivity contribution is 5.94. The Morgan fingerprint density at radius 2 is 1.85 bits per heavy atom. The maximum absolute atomic E-state index is 12.5. The topological polar surface area (TPSA) is 66.0 Å². The molecule has 2 aromatic rings. The standard InChI is InChI=1S/C19H21F2NO5/c1-12(26-11-13-5-4-6-15(9-13)24-2)18(23)22-14-7-8-16(25-3)17(10-14)27-19(20)21/h4-10,12,19H,11H2,1-3H3,(H,22,23). The van der Waals surface area contributed by atoms with Crippen molar-refractivity contribution in [1.29, 1.82) is 0 Å². The first-order valence-corrected chi connectivity index (χ1v) is 8.11. The van der Waals surface area contributed by atoms with Gasteiger partial charge in [0.05, 0.1) is 20.8 Å². The van der Waals surface area contributed by atoms with E-state index in [4.69, 9.17) is 14.2 Å². The molecule has 8 heteroatoms. The number of amides is 1. The van der Waals surface area contributed by atoms with Crippen LogP contribution < -0.4 is 19.5 Å². The molecule has 0 fully saturated rings. The summed E-state index contributed by atoms with van der Waals surface area (Å²) in [4.78, 5) is 12.3. The molecule has 0 spiro atoms. The van der Waals surface area contributed by atoms with Gasteiger partial charge in [-0.15, -0.1) is 0 Å². The molecule has 0 aromatic heterocycles. The monoisotopic (exact) mass is 381 g/mol. The lowest BCUT2D eigenvalue weighted by molar-refractivity contribution is -0.127. The van der Waals surface area contributed by atoms with E-state index in [1.54, 1.807) is 14.0 Å². The van der Waals surface area contributed by atoms with Crippen molar-refractivity contribution in [3.05, 3.63) is 48.0 Å². The lowest BCUT2D eigenvalue weighted by Crippen LogP contribution is -2.27. The van der Waals surface area contributed by atoms with Gasteiger partial charge >= 0.3 is 6.61 Å². The van der Waals surface area contributed by atoms with Crippen molar-refractivity contribution in [2.24, 2.45) is 0 Å². The van der Waals surface area contributed by atoms with Crippen LogP contribution in [0.5, 0.6) is 17.2 Å². The summed E-state index contributed by atoms with van der Waals surface area (Å²) in [5, 5.41) is 2.60. The lowest BCUT2D eigenvalue weighted by atomic mass is 10.2. The quantitative estimate of drug-likeness (QED) is 0.715. The summed E-state index contributed by atoms with van der Waals surface area (Å²) in [6.45, 7) is -1.20. The van der Waals surface area contributed by atoms with E-state index < -0.39 is 18.6 Å². The molecule has 1 atom stereocenters. The molecule has 2 rings (SSSR count). The first-order chi connectivity index (χ1) is 12.9. The fourth-order valence-electron chi connectivity index (χ4n) is 2.25. The number of ether oxygens (including phenoxy) is 4. The third-order valence-electron chi connectivity index (χ3n) is 3.65. The number of benzene rings is 2. The van der Waals surface area contributed by atoms with Crippen LogP contribution in [0, 0.1) is 0 Å². The molecule has 1 unspecified atom stereocenters. The molecule has 0 aliphatic carbocycles. The Bertz CT molecular complexity index is 770. The normalized spacial score (nSPS) is 11.8. The number of hydrogen-bond donors (Lipinski definition) is 1. The fraction of sp³-hybridized carbons (Fsp3) is 0.316. The van der Waals surface area contributed by atoms with Crippen LogP contribution in [0.4, 0.5) is 14.5 Å². The maximum atomic E-state index is 12.5. The molecule has 27 heavy (non-hydrogen) atoms. The van der Waals surface area contributed by atoms with E-state index in [1.165, 1.54) is 25.3 Å². The summed E-state index contributed by atoms with van der Waals surface area (Å²) in [6.07, 6.45) is -0.766. The number of rotatable bonds is 9. The molecule has 0 bridgehead atoms. The number of carbonyl (C=O) groups is 1. The predicted octanol–water partition coefficient (Wildman–Crippen LogP) is 3.85. The molecule has 0 saturated heterocycles. The Morgan fingerprint density at radius 3 is 2.52 bits per heavy atom. The predicted molar refractivity (Wildman–Crippen MR) is 95.5 cm³/mol. The van der Waals surface area contributed by atoms with Crippen molar-refractivity contribution in [2.75, 3.05) is 19.5 Å². The van der Waals surface area contributed by atoms with E-state index in [0.717, 1.165) is 5.56 Å². The Kier molecular flexibility index (Phi) is 7.36. The zero-order chi connectivity index (χ0) is 19.8. The molecule has 0 aliphatic heterocycles. The highest BCUT2D eigenvalue weighted by Gasteiger charge is 2.16. The number of methoxy groups -OCH3 is 2. The number of anilines is 1. The minimum atomic E-state index is -3.00. The van der Waals surface area contributed by atoms with Crippen LogP contribution in [0.2, 0.25) is 0 Å². The minimum Gasteiger partial charge on any atom is -0.497 e. The van der Waals surface area contributed by atoms with Crippen molar-refractivity contribution in [1.82, 2.24) is 0 Å². The van der Waals surface area contributed by atoms with Crippen LogP contribution in [0.3, 0.4) is 0 Å². The first kappa shape index (κ1) is 20.4. The zero-order valence-corrected chi connectivity index (χ0v) is 15.2. The van der Waals surface area contributed by atoms with E-state index in [9.17, 15) is 13.6 Å². The van der Waals surface area contributed by atoms with Crippen LogP contribution in [0.15, 0.2) is 42.5 Å². The highest BCUT2D eigenvalue weighted by atomic mass is 19.3. The molecule has 1 amide bonds. The Morgan fingerprint density at radius 1 is 1.07 bits per heavy atom.